The number of aromatic nitrogens is 2. The molecule has 4 rings (SSSR count). The van der Waals surface area contributed by atoms with Crippen LogP contribution in [0.4, 0.5) is 4.79 Å². The average molecular weight is 385 g/mol. The van der Waals surface area contributed by atoms with Crippen LogP contribution in [0.5, 0.6) is 5.75 Å². The largest absolute Gasteiger partial charge is 0.413 e. The minimum Gasteiger partial charge on any atom is -0.410 e. The molecule has 0 aliphatic rings. The lowest BCUT2D eigenvalue weighted by Gasteiger charge is -2.22. The lowest BCUT2D eigenvalue weighted by Crippen LogP contribution is -2.33. The molecule has 0 saturated carbocycles. The predicted octanol–water partition coefficient (Wildman–Crippen LogP) is 5.14. The van der Waals surface area contributed by atoms with E-state index in [9.17, 15) is 4.79 Å². The molecule has 0 spiro atoms. The van der Waals surface area contributed by atoms with E-state index in [1.54, 1.807) is 18.3 Å². The normalized spacial score (nSPS) is 12.0. The first-order chi connectivity index (χ1) is 14.0. The van der Waals surface area contributed by atoms with E-state index < -0.39 is 12.1 Å². The Hall–Kier alpha value is -3.60. The zero-order chi connectivity index (χ0) is 20.4. The van der Waals surface area contributed by atoms with Crippen molar-refractivity contribution in [2.45, 2.75) is 26.8 Å². The number of imidazole rings is 1. The van der Waals surface area contributed by atoms with Crippen LogP contribution in [0.2, 0.25) is 0 Å². The van der Waals surface area contributed by atoms with Crippen molar-refractivity contribution in [2.24, 2.45) is 0 Å². The Morgan fingerprint density at radius 1 is 0.966 bits per heavy atom. The number of hydrogen-bond acceptors (Lipinski definition) is 3. The van der Waals surface area contributed by atoms with E-state index in [1.807, 2.05) is 79.9 Å². The molecule has 0 fully saturated rings. The molecule has 0 bridgehead atoms. The van der Waals surface area contributed by atoms with Crippen LogP contribution in [-0.4, -0.2) is 15.5 Å². The van der Waals surface area contributed by atoms with Crippen LogP contribution in [-0.2, 0) is 0 Å². The number of carbonyl (C=O) groups excluding carboxylic acids is 1. The Balaban J connectivity index is 1.72. The summed E-state index contributed by atoms with van der Waals surface area (Å²) in [7, 11) is 0. The number of ether oxygens (including phenoxy) is 1. The molecule has 2 aromatic heterocycles. The Morgan fingerprint density at radius 2 is 1.69 bits per heavy atom. The molecule has 5 nitrogen and oxygen atoms in total. The summed E-state index contributed by atoms with van der Waals surface area (Å²) in [6.07, 6.45) is 3.25. The van der Waals surface area contributed by atoms with Crippen molar-refractivity contribution < 1.29 is 9.53 Å². The standard InChI is InChI=1S/C24H23N3O2/c1-16-10-12-19(13-11-16)29-24(28)26-23(22-17(2)7-6-8-18(22)3)20-15-25-21-9-4-5-14-27(20)21/h4-15,23H,1-3H3,(H,26,28). The van der Waals surface area contributed by atoms with Crippen molar-refractivity contribution in [2.75, 3.05) is 0 Å². The molecular weight excluding hydrogens is 362 g/mol. The molecule has 0 saturated heterocycles. The summed E-state index contributed by atoms with van der Waals surface area (Å²) in [6, 6.07) is 19.0. The zero-order valence-electron chi connectivity index (χ0n) is 16.7. The first-order valence-electron chi connectivity index (χ1n) is 9.56. The monoisotopic (exact) mass is 385 g/mol. The molecule has 1 N–H and O–H groups in total. The predicted molar refractivity (Wildman–Crippen MR) is 113 cm³/mol. The minimum atomic E-state index is -0.507. The van der Waals surface area contributed by atoms with Crippen LogP contribution in [0.15, 0.2) is 73.1 Å². The summed E-state index contributed by atoms with van der Waals surface area (Å²) in [5, 5.41) is 3.05. The first kappa shape index (κ1) is 18.7. The van der Waals surface area contributed by atoms with Gasteiger partial charge in [-0.1, -0.05) is 42.0 Å². The second-order valence-electron chi connectivity index (χ2n) is 7.20. The van der Waals surface area contributed by atoms with E-state index in [2.05, 4.69) is 10.3 Å². The summed E-state index contributed by atoms with van der Waals surface area (Å²) in [6.45, 7) is 6.09. The van der Waals surface area contributed by atoms with Crippen LogP contribution < -0.4 is 10.1 Å². The lowest BCUT2D eigenvalue weighted by atomic mass is 9.94. The number of benzene rings is 2. The van der Waals surface area contributed by atoms with Crippen LogP contribution in [0.1, 0.15) is 34.0 Å². The molecule has 1 unspecified atom stereocenters. The highest BCUT2D eigenvalue weighted by Gasteiger charge is 2.24. The van der Waals surface area contributed by atoms with E-state index in [0.717, 1.165) is 33.6 Å². The van der Waals surface area contributed by atoms with Gasteiger partial charge >= 0.3 is 6.09 Å². The lowest BCUT2D eigenvalue weighted by molar-refractivity contribution is 0.197. The van der Waals surface area contributed by atoms with Gasteiger partial charge < -0.3 is 14.5 Å². The maximum atomic E-state index is 12.8. The number of carbonyl (C=O) groups is 1. The highest BCUT2D eigenvalue weighted by atomic mass is 16.6. The molecule has 2 aromatic carbocycles. The SMILES string of the molecule is Cc1ccc(OC(=O)NC(c2c(C)cccc2C)c2cnc3ccccn23)cc1. The van der Waals surface area contributed by atoms with Gasteiger partial charge in [-0.2, -0.15) is 0 Å². The highest BCUT2D eigenvalue weighted by Crippen LogP contribution is 2.29. The molecular formula is C24H23N3O2. The highest BCUT2D eigenvalue weighted by molar-refractivity contribution is 5.72. The topological polar surface area (TPSA) is 55.6 Å². The Bertz CT molecular complexity index is 1140. The number of amides is 1. The minimum absolute atomic E-state index is 0.397. The Labute approximate surface area is 170 Å². The van der Waals surface area contributed by atoms with Crippen molar-refractivity contribution in [3.05, 3.63) is 101 Å². The van der Waals surface area contributed by atoms with Crippen molar-refractivity contribution in [1.82, 2.24) is 14.7 Å². The number of aryl methyl sites for hydroxylation is 3. The van der Waals surface area contributed by atoms with Gasteiger partial charge in [0.05, 0.1) is 11.9 Å². The molecule has 0 aliphatic carbocycles. The van der Waals surface area contributed by atoms with Gasteiger partial charge in [-0.3, -0.25) is 0 Å². The van der Waals surface area contributed by atoms with E-state index in [1.165, 1.54) is 0 Å². The third-order valence-electron chi connectivity index (χ3n) is 5.07. The van der Waals surface area contributed by atoms with Gasteiger partial charge in [-0.15, -0.1) is 0 Å². The van der Waals surface area contributed by atoms with Crippen molar-refractivity contribution >= 4 is 11.7 Å². The number of pyridine rings is 1. The molecule has 146 valence electrons. The van der Waals surface area contributed by atoms with Crippen LogP contribution >= 0.6 is 0 Å². The molecule has 4 aromatic rings. The molecule has 0 aliphatic heterocycles. The van der Waals surface area contributed by atoms with Gasteiger partial charge in [-0.05, 0) is 61.7 Å². The van der Waals surface area contributed by atoms with E-state index >= 15 is 0 Å². The first-order valence-corrected chi connectivity index (χ1v) is 9.56. The fraction of sp³-hybridized carbons (Fsp3) is 0.167. The fourth-order valence-corrected chi connectivity index (χ4v) is 3.60. The number of nitrogens with one attached hydrogen (secondary N) is 1. The number of hydrogen-bond donors (Lipinski definition) is 1. The molecule has 1 atom stereocenters. The smallest absolute Gasteiger partial charge is 0.410 e. The maximum absolute atomic E-state index is 12.8. The van der Waals surface area contributed by atoms with Crippen LogP contribution in [0.25, 0.3) is 5.65 Å². The molecule has 5 heteroatoms. The van der Waals surface area contributed by atoms with Gasteiger partial charge in [0.25, 0.3) is 0 Å². The quantitative estimate of drug-likeness (QED) is 0.529. The van der Waals surface area contributed by atoms with Gasteiger partial charge in [-0.25, -0.2) is 9.78 Å². The second-order valence-corrected chi connectivity index (χ2v) is 7.20. The number of nitrogens with zero attached hydrogens (tertiary/aromatic N) is 2. The summed E-state index contributed by atoms with van der Waals surface area (Å²) >= 11 is 0. The van der Waals surface area contributed by atoms with Gasteiger partial charge in [0, 0.05) is 6.20 Å². The van der Waals surface area contributed by atoms with E-state index in [4.69, 9.17) is 4.74 Å². The van der Waals surface area contributed by atoms with Crippen molar-refractivity contribution in [3.8, 4) is 5.75 Å². The van der Waals surface area contributed by atoms with Crippen LogP contribution in [0.3, 0.4) is 0 Å². The van der Waals surface area contributed by atoms with Gasteiger partial charge in [0.15, 0.2) is 0 Å². The molecule has 29 heavy (non-hydrogen) atoms. The third-order valence-corrected chi connectivity index (χ3v) is 5.07. The number of fused-ring (bicyclic) bond motifs is 1. The average Bonchev–Trinajstić information content (AvgIpc) is 3.13. The zero-order valence-corrected chi connectivity index (χ0v) is 16.7. The van der Waals surface area contributed by atoms with Crippen molar-refractivity contribution in [3.63, 3.8) is 0 Å². The summed E-state index contributed by atoms with van der Waals surface area (Å²) in [4.78, 5) is 17.3. The van der Waals surface area contributed by atoms with E-state index in [0.29, 0.717) is 5.75 Å². The van der Waals surface area contributed by atoms with Crippen LogP contribution in [0, 0.1) is 20.8 Å². The summed E-state index contributed by atoms with van der Waals surface area (Å²) < 4.78 is 7.52. The molecule has 0 radical (unpaired) electrons. The van der Waals surface area contributed by atoms with Crippen molar-refractivity contribution in [1.29, 1.82) is 0 Å². The van der Waals surface area contributed by atoms with E-state index in [-0.39, 0.29) is 0 Å². The maximum Gasteiger partial charge on any atom is 0.413 e. The third kappa shape index (κ3) is 3.85. The summed E-state index contributed by atoms with van der Waals surface area (Å²) in [5.41, 5.74) is 6.04. The molecule has 2 heterocycles. The molecule has 1 amide bonds. The Morgan fingerprint density at radius 3 is 2.41 bits per heavy atom. The Kier molecular flexibility index (Phi) is 5.04. The fourth-order valence-electron chi connectivity index (χ4n) is 3.60. The summed E-state index contributed by atoms with van der Waals surface area (Å²) in [5.74, 6) is 0.506. The van der Waals surface area contributed by atoms with Gasteiger partial charge in [0.1, 0.15) is 17.4 Å². The second kappa shape index (κ2) is 7.80. The number of rotatable bonds is 4. The van der Waals surface area contributed by atoms with Gasteiger partial charge in [0.2, 0.25) is 0 Å².